The zero-order valence-electron chi connectivity index (χ0n) is 16.2. The summed E-state index contributed by atoms with van der Waals surface area (Å²) >= 11 is 0. The number of carbonyl (C=O) groups is 1. The van der Waals surface area contributed by atoms with E-state index in [4.69, 9.17) is 0 Å². The minimum atomic E-state index is -0.311. The predicted molar refractivity (Wildman–Crippen MR) is 112 cm³/mol. The van der Waals surface area contributed by atoms with E-state index in [1.807, 2.05) is 57.2 Å². The summed E-state index contributed by atoms with van der Waals surface area (Å²) < 4.78 is 0. The molecule has 5 heteroatoms. The van der Waals surface area contributed by atoms with Crippen LogP contribution in [0, 0.1) is 0 Å². The largest absolute Gasteiger partial charge is 0.346 e. The van der Waals surface area contributed by atoms with Gasteiger partial charge >= 0.3 is 0 Å². The summed E-state index contributed by atoms with van der Waals surface area (Å²) in [5.74, 6) is -0.184. The summed E-state index contributed by atoms with van der Waals surface area (Å²) in [7, 11) is 0. The highest BCUT2D eigenvalue weighted by atomic mass is 16.2. The minimum Gasteiger partial charge on any atom is -0.346 e. The fraction of sp³-hybridized carbons (Fsp3) is 0.174. The molecule has 2 N–H and O–H groups in total. The van der Waals surface area contributed by atoms with Gasteiger partial charge in [0.1, 0.15) is 11.3 Å². The lowest BCUT2D eigenvalue weighted by molar-refractivity contribution is 0.0914. The Labute approximate surface area is 163 Å². The molecule has 0 bridgehead atoms. The number of aromatic amines is 1. The SMILES string of the molecule is CC(C)(C)NC(=O)c1cccc(-c2cnc3[nH]c(-c4ccccc4)cc3c2)n1. The number of amides is 1. The number of hydrogen-bond donors (Lipinski definition) is 2. The van der Waals surface area contributed by atoms with Crippen molar-refractivity contribution in [3.8, 4) is 22.5 Å². The number of H-pyrrole nitrogens is 1. The molecule has 28 heavy (non-hydrogen) atoms. The molecule has 0 saturated carbocycles. The standard InChI is InChI=1S/C23H22N4O/c1-23(2,3)27-22(28)19-11-7-10-18(25-19)17-12-16-13-20(26-21(16)24-14-17)15-8-5-4-6-9-15/h4-14H,1-3H3,(H,24,26)(H,27,28). The lowest BCUT2D eigenvalue weighted by Crippen LogP contribution is -2.40. The first kappa shape index (κ1) is 17.9. The Bertz CT molecular complexity index is 1140. The maximum absolute atomic E-state index is 12.4. The maximum Gasteiger partial charge on any atom is 0.270 e. The molecule has 0 aliphatic rings. The van der Waals surface area contributed by atoms with Crippen molar-refractivity contribution < 1.29 is 4.79 Å². The van der Waals surface area contributed by atoms with E-state index in [2.05, 4.69) is 38.5 Å². The van der Waals surface area contributed by atoms with E-state index in [0.29, 0.717) is 5.69 Å². The summed E-state index contributed by atoms with van der Waals surface area (Å²) in [6.45, 7) is 5.84. The number of benzene rings is 1. The zero-order valence-corrected chi connectivity index (χ0v) is 16.2. The van der Waals surface area contributed by atoms with Crippen molar-refractivity contribution in [1.29, 1.82) is 0 Å². The molecule has 4 rings (SSSR count). The summed E-state index contributed by atoms with van der Waals surface area (Å²) in [5, 5.41) is 3.95. The normalized spacial score (nSPS) is 11.5. The number of aromatic nitrogens is 3. The van der Waals surface area contributed by atoms with E-state index in [1.165, 1.54) is 0 Å². The van der Waals surface area contributed by atoms with E-state index in [-0.39, 0.29) is 11.4 Å². The van der Waals surface area contributed by atoms with Crippen LogP contribution in [0.3, 0.4) is 0 Å². The molecule has 0 spiro atoms. The number of fused-ring (bicyclic) bond motifs is 1. The summed E-state index contributed by atoms with van der Waals surface area (Å²) in [4.78, 5) is 24.9. The van der Waals surface area contributed by atoms with Gasteiger partial charge in [0.25, 0.3) is 5.91 Å². The molecule has 0 saturated heterocycles. The Balaban J connectivity index is 1.68. The van der Waals surface area contributed by atoms with Crippen molar-refractivity contribution in [2.75, 3.05) is 0 Å². The van der Waals surface area contributed by atoms with Crippen molar-refractivity contribution in [3.63, 3.8) is 0 Å². The minimum absolute atomic E-state index is 0.184. The van der Waals surface area contributed by atoms with Crippen molar-refractivity contribution in [2.45, 2.75) is 26.3 Å². The quantitative estimate of drug-likeness (QED) is 0.543. The molecule has 0 radical (unpaired) electrons. The summed E-state index contributed by atoms with van der Waals surface area (Å²) in [6.07, 6.45) is 1.78. The van der Waals surface area contributed by atoms with Crippen molar-refractivity contribution >= 4 is 16.9 Å². The Morgan fingerprint density at radius 3 is 2.50 bits per heavy atom. The van der Waals surface area contributed by atoms with E-state index in [1.54, 1.807) is 12.3 Å². The zero-order chi connectivity index (χ0) is 19.7. The molecule has 1 amide bonds. The maximum atomic E-state index is 12.4. The second kappa shape index (κ2) is 6.93. The molecule has 0 aliphatic carbocycles. The molecule has 0 unspecified atom stereocenters. The fourth-order valence-electron chi connectivity index (χ4n) is 3.06. The lowest BCUT2D eigenvalue weighted by Gasteiger charge is -2.20. The van der Waals surface area contributed by atoms with E-state index >= 15 is 0 Å². The molecule has 140 valence electrons. The molecule has 0 fully saturated rings. The van der Waals surface area contributed by atoms with Gasteiger partial charge in [0, 0.05) is 28.4 Å². The molecule has 1 aromatic carbocycles. The van der Waals surface area contributed by atoms with Gasteiger partial charge in [-0.2, -0.15) is 0 Å². The molecular formula is C23H22N4O. The third-order valence-corrected chi connectivity index (χ3v) is 4.32. The smallest absolute Gasteiger partial charge is 0.270 e. The van der Waals surface area contributed by atoms with Crippen molar-refractivity contribution in [1.82, 2.24) is 20.3 Å². The molecule has 5 nitrogen and oxygen atoms in total. The number of hydrogen-bond acceptors (Lipinski definition) is 3. The van der Waals surface area contributed by atoms with Crippen LogP contribution in [0.2, 0.25) is 0 Å². The van der Waals surface area contributed by atoms with Gasteiger partial charge in [0.2, 0.25) is 0 Å². The van der Waals surface area contributed by atoms with Crippen LogP contribution in [0.25, 0.3) is 33.5 Å². The third kappa shape index (κ3) is 3.78. The van der Waals surface area contributed by atoms with Crippen LogP contribution in [0.1, 0.15) is 31.3 Å². The van der Waals surface area contributed by atoms with Crippen molar-refractivity contribution in [3.05, 3.63) is 72.6 Å². The first-order valence-corrected chi connectivity index (χ1v) is 9.23. The van der Waals surface area contributed by atoms with Crippen molar-refractivity contribution in [2.24, 2.45) is 0 Å². The Morgan fingerprint density at radius 1 is 0.964 bits per heavy atom. The topological polar surface area (TPSA) is 70.7 Å². The lowest BCUT2D eigenvalue weighted by atomic mass is 10.1. The van der Waals surface area contributed by atoms with E-state index in [9.17, 15) is 4.79 Å². The van der Waals surface area contributed by atoms with Crippen LogP contribution in [-0.2, 0) is 0 Å². The fourth-order valence-corrected chi connectivity index (χ4v) is 3.06. The highest BCUT2D eigenvalue weighted by Gasteiger charge is 2.17. The first-order valence-electron chi connectivity index (χ1n) is 9.23. The average molecular weight is 370 g/mol. The Hall–Kier alpha value is -3.47. The highest BCUT2D eigenvalue weighted by molar-refractivity contribution is 5.93. The number of pyridine rings is 2. The van der Waals surface area contributed by atoms with Gasteiger partial charge in [-0.3, -0.25) is 4.79 Å². The third-order valence-electron chi connectivity index (χ3n) is 4.32. The van der Waals surface area contributed by atoms with Crippen LogP contribution in [0.5, 0.6) is 0 Å². The first-order chi connectivity index (χ1) is 13.4. The van der Waals surface area contributed by atoms with Gasteiger partial charge in [-0.15, -0.1) is 0 Å². The monoisotopic (exact) mass is 370 g/mol. The highest BCUT2D eigenvalue weighted by Crippen LogP contribution is 2.26. The molecule has 4 aromatic rings. The average Bonchev–Trinajstić information content (AvgIpc) is 3.11. The predicted octanol–water partition coefficient (Wildman–Crippen LogP) is 4.82. The van der Waals surface area contributed by atoms with Gasteiger partial charge in [-0.05, 0) is 50.6 Å². The number of rotatable bonds is 3. The van der Waals surface area contributed by atoms with Gasteiger partial charge in [0.15, 0.2) is 0 Å². The number of carbonyl (C=O) groups excluding carboxylic acids is 1. The molecule has 0 atom stereocenters. The van der Waals surface area contributed by atoms with E-state index < -0.39 is 0 Å². The van der Waals surface area contributed by atoms with Crippen LogP contribution >= 0.6 is 0 Å². The molecule has 0 aliphatic heterocycles. The van der Waals surface area contributed by atoms with Gasteiger partial charge in [-0.25, -0.2) is 9.97 Å². The van der Waals surface area contributed by atoms with E-state index in [0.717, 1.165) is 33.5 Å². The number of nitrogens with one attached hydrogen (secondary N) is 2. The Morgan fingerprint density at radius 2 is 1.75 bits per heavy atom. The molecule has 3 aromatic heterocycles. The van der Waals surface area contributed by atoms with Gasteiger partial charge < -0.3 is 10.3 Å². The second-order valence-electron chi connectivity index (χ2n) is 7.82. The summed E-state index contributed by atoms with van der Waals surface area (Å²) in [6, 6.07) is 19.7. The van der Waals surface area contributed by atoms with Gasteiger partial charge in [0.05, 0.1) is 5.69 Å². The van der Waals surface area contributed by atoms with Crippen LogP contribution in [0.15, 0.2) is 66.9 Å². The molecular weight excluding hydrogens is 348 g/mol. The Kier molecular flexibility index (Phi) is 4.43. The second-order valence-corrected chi connectivity index (χ2v) is 7.82. The van der Waals surface area contributed by atoms with Gasteiger partial charge in [-0.1, -0.05) is 36.4 Å². The summed E-state index contributed by atoms with van der Waals surface area (Å²) in [5.41, 5.74) is 4.63. The van der Waals surface area contributed by atoms with Crippen LogP contribution in [-0.4, -0.2) is 26.4 Å². The molecule has 3 heterocycles. The van der Waals surface area contributed by atoms with Crippen LogP contribution < -0.4 is 5.32 Å². The number of nitrogens with zero attached hydrogens (tertiary/aromatic N) is 2. The van der Waals surface area contributed by atoms with Crippen LogP contribution in [0.4, 0.5) is 0 Å².